The van der Waals surface area contributed by atoms with E-state index in [4.69, 9.17) is 4.42 Å². The number of nitrogens with zero attached hydrogens (tertiary/aromatic N) is 2. The molecule has 0 radical (unpaired) electrons. The molecular formula is C14H16ClN3O2. The summed E-state index contributed by atoms with van der Waals surface area (Å²) in [5, 5.41) is 3.31. The van der Waals surface area contributed by atoms with Gasteiger partial charge in [-0.15, -0.1) is 12.4 Å². The first kappa shape index (κ1) is 14.6. The van der Waals surface area contributed by atoms with Gasteiger partial charge < -0.3 is 14.6 Å². The second kappa shape index (κ2) is 6.54. The highest BCUT2D eigenvalue weighted by Crippen LogP contribution is 2.23. The van der Waals surface area contributed by atoms with Gasteiger partial charge in [0.1, 0.15) is 0 Å². The quantitative estimate of drug-likeness (QED) is 0.918. The number of carbonyl (C=O) groups is 1. The topological polar surface area (TPSA) is 58.4 Å². The van der Waals surface area contributed by atoms with Crippen LogP contribution < -0.4 is 5.32 Å². The molecule has 1 unspecified atom stereocenters. The fraction of sp³-hybridized carbons (Fsp3) is 0.286. The second-order valence-corrected chi connectivity index (χ2v) is 4.48. The zero-order chi connectivity index (χ0) is 13.1. The number of halogens is 1. The molecule has 3 heterocycles. The Hall–Kier alpha value is -1.85. The van der Waals surface area contributed by atoms with Crippen LogP contribution >= 0.6 is 12.4 Å². The minimum absolute atomic E-state index is 0. The molecule has 0 saturated carbocycles. The van der Waals surface area contributed by atoms with Gasteiger partial charge >= 0.3 is 0 Å². The Morgan fingerprint density at radius 3 is 3.00 bits per heavy atom. The number of carbonyl (C=O) groups excluding carboxylic acids is 1. The minimum atomic E-state index is -0.0691. The Morgan fingerprint density at radius 2 is 2.30 bits per heavy atom. The minimum Gasteiger partial charge on any atom is -0.459 e. The molecule has 3 rings (SSSR count). The number of hydrogen-bond donors (Lipinski definition) is 1. The molecule has 0 aliphatic carbocycles. The third kappa shape index (κ3) is 2.84. The van der Waals surface area contributed by atoms with Crippen LogP contribution in [0.5, 0.6) is 0 Å². The summed E-state index contributed by atoms with van der Waals surface area (Å²) in [5.41, 5.74) is 1.04. The lowest BCUT2D eigenvalue weighted by molar-refractivity contribution is 0.0601. The van der Waals surface area contributed by atoms with E-state index in [1.54, 1.807) is 24.5 Å². The van der Waals surface area contributed by atoms with Crippen molar-refractivity contribution in [1.29, 1.82) is 0 Å². The van der Waals surface area contributed by atoms with E-state index >= 15 is 0 Å². The van der Waals surface area contributed by atoms with Gasteiger partial charge in [0.15, 0.2) is 5.76 Å². The molecule has 1 N–H and O–H groups in total. The van der Waals surface area contributed by atoms with Gasteiger partial charge in [0, 0.05) is 32.0 Å². The summed E-state index contributed by atoms with van der Waals surface area (Å²) in [5.74, 6) is 0.316. The highest BCUT2D eigenvalue weighted by molar-refractivity contribution is 5.91. The number of amides is 1. The van der Waals surface area contributed by atoms with Crippen LogP contribution in [0.15, 0.2) is 47.3 Å². The second-order valence-electron chi connectivity index (χ2n) is 4.48. The predicted molar refractivity (Wildman–Crippen MR) is 76.8 cm³/mol. The van der Waals surface area contributed by atoms with E-state index in [0.717, 1.165) is 18.7 Å². The average molecular weight is 294 g/mol. The Balaban J connectivity index is 0.00000147. The first-order valence-electron chi connectivity index (χ1n) is 6.31. The number of piperazine rings is 1. The van der Waals surface area contributed by atoms with Crippen molar-refractivity contribution in [1.82, 2.24) is 15.2 Å². The third-order valence-corrected chi connectivity index (χ3v) is 3.31. The van der Waals surface area contributed by atoms with Crippen molar-refractivity contribution in [3.8, 4) is 0 Å². The number of aromatic nitrogens is 1. The van der Waals surface area contributed by atoms with E-state index in [1.807, 2.05) is 17.0 Å². The van der Waals surface area contributed by atoms with Gasteiger partial charge in [-0.25, -0.2) is 0 Å². The summed E-state index contributed by atoms with van der Waals surface area (Å²) < 4.78 is 5.21. The van der Waals surface area contributed by atoms with Crippen molar-refractivity contribution >= 4 is 18.3 Å². The average Bonchev–Trinajstić information content (AvgIpc) is 3.02. The fourth-order valence-corrected chi connectivity index (χ4v) is 2.36. The Kier molecular flexibility index (Phi) is 4.76. The van der Waals surface area contributed by atoms with Crippen molar-refractivity contribution in [2.45, 2.75) is 6.04 Å². The van der Waals surface area contributed by atoms with E-state index in [0.29, 0.717) is 12.3 Å². The molecule has 2 aromatic rings. The van der Waals surface area contributed by atoms with Crippen molar-refractivity contribution < 1.29 is 9.21 Å². The SMILES string of the molecule is Cl.O=C(c1ccco1)N1CCNCC1c1cccnc1. The first-order chi connectivity index (χ1) is 9.36. The normalized spacial score (nSPS) is 18.4. The van der Waals surface area contributed by atoms with E-state index in [9.17, 15) is 4.79 Å². The Morgan fingerprint density at radius 1 is 1.40 bits per heavy atom. The molecule has 1 aliphatic heterocycles. The Labute approximate surface area is 123 Å². The standard InChI is InChI=1S/C14H15N3O2.ClH/c18-14(13-4-2-8-19-13)17-7-6-16-10-12(17)11-3-1-5-15-9-11;/h1-5,8-9,12,16H,6-7,10H2;1H. The lowest BCUT2D eigenvalue weighted by Crippen LogP contribution is -2.48. The zero-order valence-corrected chi connectivity index (χ0v) is 11.7. The molecular weight excluding hydrogens is 278 g/mol. The summed E-state index contributed by atoms with van der Waals surface area (Å²) in [6.07, 6.45) is 5.06. The highest BCUT2D eigenvalue weighted by atomic mass is 35.5. The summed E-state index contributed by atoms with van der Waals surface area (Å²) >= 11 is 0. The van der Waals surface area contributed by atoms with Gasteiger partial charge in [-0.3, -0.25) is 9.78 Å². The molecule has 1 fully saturated rings. The van der Waals surface area contributed by atoms with E-state index in [-0.39, 0.29) is 24.4 Å². The van der Waals surface area contributed by atoms with Crippen molar-refractivity contribution in [3.63, 3.8) is 0 Å². The lowest BCUT2D eigenvalue weighted by atomic mass is 10.1. The van der Waals surface area contributed by atoms with E-state index in [1.165, 1.54) is 6.26 Å². The summed E-state index contributed by atoms with van der Waals surface area (Å²) in [7, 11) is 0. The van der Waals surface area contributed by atoms with Crippen molar-refractivity contribution in [2.24, 2.45) is 0 Å². The summed E-state index contributed by atoms with van der Waals surface area (Å²) in [4.78, 5) is 18.4. The van der Waals surface area contributed by atoms with Gasteiger partial charge in [0.25, 0.3) is 5.91 Å². The first-order valence-corrected chi connectivity index (χ1v) is 6.31. The maximum absolute atomic E-state index is 12.4. The van der Waals surface area contributed by atoms with Crippen LogP contribution in [-0.2, 0) is 0 Å². The van der Waals surface area contributed by atoms with Gasteiger partial charge in [0.2, 0.25) is 0 Å². The predicted octanol–water partition coefficient (Wildman–Crippen LogP) is 1.88. The molecule has 1 atom stereocenters. The van der Waals surface area contributed by atoms with Crippen molar-refractivity contribution in [2.75, 3.05) is 19.6 Å². The maximum atomic E-state index is 12.4. The third-order valence-electron chi connectivity index (χ3n) is 3.31. The van der Waals surface area contributed by atoms with Gasteiger partial charge in [-0.05, 0) is 23.8 Å². The van der Waals surface area contributed by atoms with Crippen LogP contribution in [0.4, 0.5) is 0 Å². The molecule has 20 heavy (non-hydrogen) atoms. The fourth-order valence-electron chi connectivity index (χ4n) is 2.36. The van der Waals surface area contributed by atoms with Gasteiger partial charge in [0.05, 0.1) is 12.3 Å². The molecule has 0 bridgehead atoms. The van der Waals surface area contributed by atoms with Crippen molar-refractivity contribution in [3.05, 3.63) is 54.2 Å². The number of pyridine rings is 1. The van der Waals surface area contributed by atoms with E-state index in [2.05, 4.69) is 10.3 Å². The molecule has 1 saturated heterocycles. The molecule has 106 valence electrons. The number of nitrogens with one attached hydrogen (secondary N) is 1. The number of rotatable bonds is 2. The molecule has 0 aromatic carbocycles. The zero-order valence-electron chi connectivity index (χ0n) is 10.9. The molecule has 2 aromatic heterocycles. The van der Waals surface area contributed by atoms with Crippen LogP contribution in [0.25, 0.3) is 0 Å². The van der Waals surface area contributed by atoms with Crippen LogP contribution in [0.3, 0.4) is 0 Å². The molecule has 1 amide bonds. The molecule has 6 heteroatoms. The number of furan rings is 1. The summed E-state index contributed by atoms with van der Waals surface area (Å²) in [6.45, 7) is 2.19. The van der Waals surface area contributed by atoms with Crippen LogP contribution in [0, 0.1) is 0 Å². The smallest absolute Gasteiger partial charge is 0.290 e. The van der Waals surface area contributed by atoms with E-state index < -0.39 is 0 Å². The summed E-state index contributed by atoms with van der Waals surface area (Å²) in [6, 6.07) is 7.31. The molecule has 0 spiro atoms. The lowest BCUT2D eigenvalue weighted by Gasteiger charge is -2.35. The Bertz CT molecular complexity index is 545. The van der Waals surface area contributed by atoms with Crippen LogP contribution in [0.1, 0.15) is 22.2 Å². The highest BCUT2D eigenvalue weighted by Gasteiger charge is 2.29. The molecule has 1 aliphatic rings. The van der Waals surface area contributed by atoms with Gasteiger partial charge in [-0.2, -0.15) is 0 Å². The van der Waals surface area contributed by atoms with Gasteiger partial charge in [-0.1, -0.05) is 6.07 Å². The largest absolute Gasteiger partial charge is 0.459 e. The maximum Gasteiger partial charge on any atom is 0.290 e. The monoisotopic (exact) mass is 293 g/mol. The molecule has 5 nitrogen and oxygen atoms in total. The van der Waals surface area contributed by atoms with Crippen LogP contribution in [-0.4, -0.2) is 35.4 Å². The number of hydrogen-bond acceptors (Lipinski definition) is 4. The van der Waals surface area contributed by atoms with Crippen LogP contribution in [0.2, 0.25) is 0 Å².